The Morgan fingerprint density at radius 3 is 1.76 bits per heavy atom. The number of unbranched alkanes of at least 4 members (excludes halogenated alkanes) is 8. The van der Waals surface area contributed by atoms with E-state index in [-0.39, 0.29) is 0 Å². The predicted molar refractivity (Wildman–Crippen MR) is 74.5 cm³/mol. The molecular weight excluding hydrogens is 210 g/mol. The number of nitrogens with zero attached hydrogens (tertiary/aromatic N) is 1. The van der Waals surface area contributed by atoms with Crippen LogP contribution in [-0.2, 0) is 4.74 Å². The van der Waals surface area contributed by atoms with Crippen molar-refractivity contribution in [1.29, 1.82) is 0 Å². The van der Waals surface area contributed by atoms with E-state index in [1.807, 2.05) is 0 Å². The van der Waals surface area contributed by atoms with Crippen LogP contribution in [0.1, 0.15) is 64.2 Å². The van der Waals surface area contributed by atoms with Gasteiger partial charge in [-0.25, -0.2) is 0 Å². The minimum absolute atomic E-state index is 0.645. The first-order valence-corrected chi connectivity index (χ1v) is 7.55. The summed E-state index contributed by atoms with van der Waals surface area (Å²) in [5.74, 6) is 0. The van der Waals surface area contributed by atoms with Crippen molar-refractivity contribution in [1.82, 2.24) is 4.90 Å². The highest BCUT2D eigenvalue weighted by molar-refractivity contribution is 4.68. The lowest BCUT2D eigenvalue weighted by atomic mass is 10.1. The van der Waals surface area contributed by atoms with Gasteiger partial charge in [0.15, 0.2) is 0 Å². The number of rotatable bonds is 12. The zero-order valence-corrected chi connectivity index (χ0v) is 11.9. The summed E-state index contributed by atoms with van der Waals surface area (Å²) in [4.78, 5) is 2.28. The van der Waals surface area contributed by atoms with Crippen LogP contribution in [0.3, 0.4) is 0 Å². The van der Waals surface area contributed by atoms with E-state index in [4.69, 9.17) is 4.74 Å². The van der Waals surface area contributed by atoms with Crippen molar-refractivity contribution in [3.63, 3.8) is 0 Å². The lowest BCUT2D eigenvalue weighted by Gasteiger charge is -2.08. The molecule has 0 radical (unpaired) electrons. The molecule has 1 unspecified atom stereocenters. The summed E-state index contributed by atoms with van der Waals surface area (Å²) in [5, 5.41) is 0. The molecule has 2 nitrogen and oxygen atoms in total. The number of epoxide rings is 1. The molecule has 0 aromatic heterocycles. The highest BCUT2D eigenvalue weighted by atomic mass is 16.6. The van der Waals surface area contributed by atoms with Crippen LogP contribution in [0.2, 0.25) is 0 Å². The molecule has 17 heavy (non-hydrogen) atoms. The van der Waals surface area contributed by atoms with Crippen molar-refractivity contribution in [3.05, 3.63) is 0 Å². The van der Waals surface area contributed by atoms with Crippen molar-refractivity contribution in [3.8, 4) is 0 Å². The third-order valence-corrected chi connectivity index (χ3v) is 3.53. The molecule has 1 saturated heterocycles. The monoisotopic (exact) mass is 241 g/mol. The Balaban J connectivity index is 1.63. The maximum Gasteiger partial charge on any atom is 0.0810 e. The molecule has 1 atom stereocenters. The quantitative estimate of drug-likeness (QED) is 0.381. The molecule has 0 aliphatic carbocycles. The van der Waals surface area contributed by atoms with E-state index in [1.165, 1.54) is 70.8 Å². The van der Waals surface area contributed by atoms with Gasteiger partial charge in [0.1, 0.15) is 0 Å². The fraction of sp³-hybridized carbons (Fsp3) is 1.00. The Hall–Kier alpha value is -0.0800. The number of ether oxygens (including phenoxy) is 1. The Morgan fingerprint density at radius 2 is 1.29 bits per heavy atom. The average molecular weight is 241 g/mol. The summed E-state index contributed by atoms with van der Waals surface area (Å²) in [7, 11) is 4.32. The van der Waals surface area contributed by atoms with Crippen LogP contribution in [0.15, 0.2) is 0 Å². The van der Waals surface area contributed by atoms with Gasteiger partial charge < -0.3 is 9.64 Å². The van der Waals surface area contributed by atoms with Gasteiger partial charge in [0.25, 0.3) is 0 Å². The van der Waals surface area contributed by atoms with Crippen LogP contribution >= 0.6 is 0 Å². The maximum atomic E-state index is 5.20. The van der Waals surface area contributed by atoms with E-state index in [2.05, 4.69) is 19.0 Å². The first kappa shape index (κ1) is 15.0. The smallest absolute Gasteiger partial charge is 0.0810 e. The van der Waals surface area contributed by atoms with Gasteiger partial charge in [0.05, 0.1) is 12.7 Å². The minimum atomic E-state index is 0.645. The topological polar surface area (TPSA) is 15.8 Å². The molecule has 2 heteroatoms. The molecule has 0 amide bonds. The summed E-state index contributed by atoms with van der Waals surface area (Å²) in [6, 6.07) is 0. The van der Waals surface area contributed by atoms with Crippen LogP contribution < -0.4 is 0 Å². The van der Waals surface area contributed by atoms with E-state index in [1.54, 1.807) is 0 Å². The molecular formula is C15H31NO. The number of hydrogen-bond donors (Lipinski definition) is 0. The lowest BCUT2D eigenvalue weighted by Crippen LogP contribution is -2.12. The second-order valence-corrected chi connectivity index (χ2v) is 5.73. The SMILES string of the molecule is CN(C)CCCCCCCCCCCC1CO1. The Labute approximate surface area is 108 Å². The van der Waals surface area contributed by atoms with Crippen LogP contribution in [0.5, 0.6) is 0 Å². The van der Waals surface area contributed by atoms with Crippen molar-refractivity contribution in [2.24, 2.45) is 0 Å². The molecule has 0 spiro atoms. The molecule has 1 aliphatic heterocycles. The molecule has 0 bridgehead atoms. The van der Waals surface area contributed by atoms with Gasteiger partial charge in [-0.1, -0.05) is 51.4 Å². The molecule has 1 heterocycles. The van der Waals surface area contributed by atoms with E-state index in [0.29, 0.717) is 6.10 Å². The van der Waals surface area contributed by atoms with Crippen LogP contribution in [-0.4, -0.2) is 38.3 Å². The summed E-state index contributed by atoms with van der Waals surface area (Å²) in [6.07, 6.45) is 14.7. The molecule has 1 rings (SSSR count). The lowest BCUT2D eigenvalue weighted by molar-refractivity contribution is 0.385. The second kappa shape index (κ2) is 9.90. The maximum absolute atomic E-state index is 5.20. The largest absolute Gasteiger partial charge is 0.373 e. The molecule has 102 valence electrons. The van der Waals surface area contributed by atoms with Crippen molar-refractivity contribution in [2.45, 2.75) is 70.3 Å². The first-order chi connectivity index (χ1) is 8.29. The van der Waals surface area contributed by atoms with Gasteiger partial charge in [0.2, 0.25) is 0 Å². The van der Waals surface area contributed by atoms with Crippen LogP contribution in [0.4, 0.5) is 0 Å². The summed E-state index contributed by atoms with van der Waals surface area (Å²) < 4.78 is 5.20. The van der Waals surface area contributed by atoms with E-state index < -0.39 is 0 Å². The van der Waals surface area contributed by atoms with E-state index in [9.17, 15) is 0 Å². The van der Waals surface area contributed by atoms with Crippen molar-refractivity contribution >= 4 is 0 Å². The Kier molecular flexibility index (Phi) is 8.72. The van der Waals surface area contributed by atoms with Gasteiger partial charge in [-0.3, -0.25) is 0 Å². The van der Waals surface area contributed by atoms with Crippen molar-refractivity contribution in [2.75, 3.05) is 27.2 Å². The molecule has 1 aliphatic rings. The Bertz CT molecular complexity index is 156. The van der Waals surface area contributed by atoms with Crippen LogP contribution in [0.25, 0.3) is 0 Å². The predicted octanol–water partition coefficient (Wildman–Crippen LogP) is 3.85. The van der Waals surface area contributed by atoms with E-state index in [0.717, 1.165) is 6.61 Å². The normalized spacial score (nSPS) is 18.9. The van der Waals surface area contributed by atoms with Gasteiger partial charge in [-0.15, -0.1) is 0 Å². The molecule has 0 N–H and O–H groups in total. The fourth-order valence-corrected chi connectivity index (χ4v) is 2.27. The van der Waals surface area contributed by atoms with Gasteiger partial charge >= 0.3 is 0 Å². The number of hydrogen-bond acceptors (Lipinski definition) is 2. The minimum Gasteiger partial charge on any atom is -0.373 e. The third-order valence-electron chi connectivity index (χ3n) is 3.53. The van der Waals surface area contributed by atoms with Gasteiger partial charge in [-0.2, -0.15) is 0 Å². The molecule has 0 aromatic carbocycles. The standard InChI is InChI=1S/C15H31NO/c1-16(2)13-11-9-7-5-3-4-6-8-10-12-15-14-17-15/h15H,3-14H2,1-2H3. The summed E-state index contributed by atoms with van der Waals surface area (Å²) >= 11 is 0. The molecule has 0 saturated carbocycles. The Morgan fingerprint density at radius 1 is 0.824 bits per heavy atom. The van der Waals surface area contributed by atoms with Crippen LogP contribution in [0, 0.1) is 0 Å². The van der Waals surface area contributed by atoms with Crippen molar-refractivity contribution < 1.29 is 4.74 Å². The van der Waals surface area contributed by atoms with E-state index >= 15 is 0 Å². The first-order valence-electron chi connectivity index (χ1n) is 7.55. The van der Waals surface area contributed by atoms with Gasteiger partial charge in [0, 0.05) is 0 Å². The zero-order chi connectivity index (χ0) is 12.3. The van der Waals surface area contributed by atoms with Gasteiger partial charge in [-0.05, 0) is 33.5 Å². The summed E-state index contributed by atoms with van der Waals surface area (Å²) in [5.41, 5.74) is 0. The average Bonchev–Trinajstić information content (AvgIpc) is 3.09. The zero-order valence-electron chi connectivity index (χ0n) is 11.9. The second-order valence-electron chi connectivity index (χ2n) is 5.73. The highest BCUT2D eigenvalue weighted by Crippen LogP contribution is 2.18. The highest BCUT2D eigenvalue weighted by Gasteiger charge is 2.20. The summed E-state index contributed by atoms with van der Waals surface area (Å²) in [6.45, 7) is 2.29. The molecule has 0 aromatic rings. The fourth-order valence-electron chi connectivity index (χ4n) is 2.27. The molecule has 1 fully saturated rings. The third kappa shape index (κ3) is 10.8.